The molecule has 0 bridgehead atoms. The molecule has 0 spiro atoms. The molecule has 110 valence electrons. The Morgan fingerprint density at radius 1 is 1.30 bits per heavy atom. The largest absolute Gasteiger partial charge is 0.309 e. The molecule has 20 heavy (non-hydrogen) atoms. The topological polar surface area (TPSA) is 58.2 Å². The number of benzene rings is 1. The maximum absolute atomic E-state index is 12.4. The lowest BCUT2D eigenvalue weighted by Gasteiger charge is -2.40. The van der Waals surface area contributed by atoms with Gasteiger partial charge >= 0.3 is 0 Å². The van der Waals surface area contributed by atoms with Crippen molar-refractivity contribution >= 4 is 21.8 Å². The van der Waals surface area contributed by atoms with Crippen LogP contribution in [0.4, 0.5) is 0 Å². The number of thioether (sulfide) groups is 1. The molecule has 1 heterocycles. The molecule has 3 rings (SSSR count). The van der Waals surface area contributed by atoms with Crippen LogP contribution in [-0.4, -0.2) is 26.0 Å². The molecule has 1 aliphatic carbocycles. The van der Waals surface area contributed by atoms with Crippen LogP contribution in [0.25, 0.3) is 0 Å². The monoisotopic (exact) mass is 312 g/mol. The third-order valence-electron chi connectivity index (χ3n) is 4.40. The first-order valence-electron chi connectivity index (χ1n) is 6.92. The number of fused-ring (bicyclic) bond motifs is 1. The van der Waals surface area contributed by atoms with E-state index in [-0.39, 0.29) is 4.75 Å². The zero-order valence-corrected chi connectivity index (χ0v) is 13.2. The van der Waals surface area contributed by atoms with Crippen LogP contribution >= 0.6 is 11.8 Å². The van der Waals surface area contributed by atoms with Gasteiger partial charge < -0.3 is 5.32 Å². The van der Waals surface area contributed by atoms with Gasteiger partial charge in [-0.25, -0.2) is 13.1 Å². The average molecular weight is 312 g/mol. The Labute approximate surface area is 124 Å². The number of sulfonamides is 1. The van der Waals surface area contributed by atoms with E-state index in [0.29, 0.717) is 11.4 Å². The van der Waals surface area contributed by atoms with Gasteiger partial charge in [-0.1, -0.05) is 12.5 Å². The molecule has 6 heteroatoms. The summed E-state index contributed by atoms with van der Waals surface area (Å²) < 4.78 is 27.7. The van der Waals surface area contributed by atoms with E-state index >= 15 is 0 Å². The summed E-state index contributed by atoms with van der Waals surface area (Å²) in [6, 6.07) is 5.42. The normalized spacial score (nSPS) is 20.4. The predicted octanol–water partition coefficient (Wildman–Crippen LogP) is 1.85. The molecule has 0 saturated heterocycles. The average Bonchev–Trinajstić information content (AvgIpc) is 2.85. The lowest BCUT2D eigenvalue weighted by Crippen LogP contribution is -2.45. The number of hydrogen-bond donors (Lipinski definition) is 2. The van der Waals surface area contributed by atoms with Crippen LogP contribution in [0.3, 0.4) is 0 Å². The van der Waals surface area contributed by atoms with E-state index in [4.69, 9.17) is 0 Å². The first-order chi connectivity index (χ1) is 9.55. The second kappa shape index (κ2) is 5.33. The summed E-state index contributed by atoms with van der Waals surface area (Å²) in [5, 5.41) is 3.23. The molecule has 2 N–H and O–H groups in total. The highest BCUT2D eigenvalue weighted by Crippen LogP contribution is 2.42. The molecule has 1 fully saturated rings. The second-order valence-electron chi connectivity index (χ2n) is 5.60. The summed E-state index contributed by atoms with van der Waals surface area (Å²) in [5.74, 6) is 0. The third kappa shape index (κ3) is 2.62. The van der Waals surface area contributed by atoms with E-state index in [2.05, 4.69) is 16.3 Å². The fourth-order valence-electron chi connectivity index (χ4n) is 2.77. The summed E-state index contributed by atoms with van der Waals surface area (Å²) in [7, 11) is -3.39. The maximum Gasteiger partial charge on any atom is 0.240 e. The lowest BCUT2D eigenvalue weighted by molar-refractivity contribution is 0.362. The minimum Gasteiger partial charge on any atom is -0.309 e. The van der Waals surface area contributed by atoms with Crippen molar-refractivity contribution in [3.05, 3.63) is 29.3 Å². The van der Waals surface area contributed by atoms with Crippen LogP contribution in [0, 0.1) is 0 Å². The van der Waals surface area contributed by atoms with Gasteiger partial charge in [0.15, 0.2) is 0 Å². The number of rotatable bonds is 5. The van der Waals surface area contributed by atoms with Crippen molar-refractivity contribution < 1.29 is 8.42 Å². The van der Waals surface area contributed by atoms with Crippen LogP contribution in [-0.2, 0) is 23.1 Å². The molecular formula is C14H20N2O2S2. The maximum atomic E-state index is 12.4. The van der Waals surface area contributed by atoms with E-state index in [0.717, 1.165) is 31.5 Å². The van der Waals surface area contributed by atoms with Gasteiger partial charge in [0.2, 0.25) is 10.0 Å². The van der Waals surface area contributed by atoms with Gasteiger partial charge in [0.05, 0.1) is 4.90 Å². The quantitative estimate of drug-likeness (QED) is 0.871. The Hall–Kier alpha value is -0.560. The first-order valence-corrected chi connectivity index (χ1v) is 9.63. The van der Waals surface area contributed by atoms with Crippen LogP contribution in [0.2, 0.25) is 0 Å². The molecular weight excluding hydrogens is 292 g/mol. The third-order valence-corrected chi connectivity index (χ3v) is 7.22. The Bertz CT molecular complexity index is 604. The van der Waals surface area contributed by atoms with E-state index in [1.807, 2.05) is 6.07 Å². The van der Waals surface area contributed by atoms with Crippen molar-refractivity contribution in [1.29, 1.82) is 0 Å². The van der Waals surface area contributed by atoms with Crippen molar-refractivity contribution in [3.8, 4) is 0 Å². The van der Waals surface area contributed by atoms with Gasteiger partial charge in [-0.3, -0.25) is 0 Å². The molecule has 1 saturated carbocycles. The van der Waals surface area contributed by atoms with Gasteiger partial charge in [0, 0.05) is 24.4 Å². The SMILES string of the molecule is CSC1(CNS(=O)(=O)c2ccc3c(c2)CNC3)CCC1. The van der Waals surface area contributed by atoms with Crippen molar-refractivity contribution in [1.82, 2.24) is 10.0 Å². The van der Waals surface area contributed by atoms with Crippen LogP contribution in [0.5, 0.6) is 0 Å². The smallest absolute Gasteiger partial charge is 0.240 e. The van der Waals surface area contributed by atoms with Gasteiger partial charge in [-0.15, -0.1) is 0 Å². The highest BCUT2D eigenvalue weighted by atomic mass is 32.2. The zero-order valence-electron chi connectivity index (χ0n) is 11.6. The highest BCUT2D eigenvalue weighted by Gasteiger charge is 2.37. The number of nitrogens with one attached hydrogen (secondary N) is 2. The summed E-state index contributed by atoms with van der Waals surface area (Å²) in [6.07, 6.45) is 5.47. The molecule has 0 atom stereocenters. The lowest BCUT2D eigenvalue weighted by atomic mass is 9.84. The van der Waals surface area contributed by atoms with Gasteiger partial charge in [0.25, 0.3) is 0 Å². The van der Waals surface area contributed by atoms with Crippen LogP contribution < -0.4 is 10.0 Å². The van der Waals surface area contributed by atoms with Crippen LogP contribution in [0.1, 0.15) is 30.4 Å². The van der Waals surface area contributed by atoms with Crippen LogP contribution in [0.15, 0.2) is 23.1 Å². The molecule has 1 aromatic rings. The van der Waals surface area contributed by atoms with E-state index in [1.54, 1.807) is 23.9 Å². The van der Waals surface area contributed by atoms with Crippen molar-refractivity contribution in [2.75, 3.05) is 12.8 Å². The van der Waals surface area contributed by atoms with E-state index < -0.39 is 10.0 Å². The Morgan fingerprint density at radius 2 is 2.05 bits per heavy atom. The summed E-state index contributed by atoms with van der Waals surface area (Å²) >= 11 is 1.78. The first kappa shape index (κ1) is 14.4. The minimum absolute atomic E-state index is 0.116. The van der Waals surface area contributed by atoms with E-state index in [9.17, 15) is 8.42 Å². The predicted molar refractivity (Wildman–Crippen MR) is 82.3 cm³/mol. The Kier molecular flexibility index (Phi) is 3.83. The van der Waals surface area contributed by atoms with Gasteiger partial charge in [0.1, 0.15) is 0 Å². The van der Waals surface area contributed by atoms with Gasteiger partial charge in [-0.05, 0) is 42.4 Å². The molecule has 0 aromatic heterocycles. The highest BCUT2D eigenvalue weighted by molar-refractivity contribution is 8.00. The molecule has 0 radical (unpaired) electrons. The molecule has 4 nitrogen and oxygen atoms in total. The summed E-state index contributed by atoms with van der Waals surface area (Å²) in [5.41, 5.74) is 2.29. The summed E-state index contributed by atoms with van der Waals surface area (Å²) in [4.78, 5) is 0.385. The Balaban J connectivity index is 1.75. The van der Waals surface area contributed by atoms with Crippen molar-refractivity contribution in [3.63, 3.8) is 0 Å². The van der Waals surface area contributed by atoms with Gasteiger partial charge in [-0.2, -0.15) is 11.8 Å². The molecule has 2 aliphatic rings. The van der Waals surface area contributed by atoms with Crippen molar-refractivity contribution in [2.24, 2.45) is 0 Å². The molecule has 1 aliphatic heterocycles. The zero-order chi connectivity index (χ0) is 14.2. The minimum atomic E-state index is -3.39. The molecule has 1 aromatic carbocycles. The fraction of sp³-hybridized carbons (Fsp3) is 0.571. The standard InChI is InChI=1S/C14H20N2O2S2/c1-19-14(5-2-6-14)10-16-20(17,18)13-4-3-11-8-15-9-12(11)7-13/h3-4,7,15-16H,2,5-6,8-10H2,1H3. The number of hydrogen-bond acceptors (Lipinski definition) is 4. The van der Waals surface area contributed by atoms with Crippen molar-refractivity contribution in [2.45, 2.75) is 42.0 Å². The second-order valence-corrected chi connectivity index (χ2v) is 8.64. The summed E-state index contributed by atoms with van der Waals surface area (Å²) in [6.45, 7) is 2.12. The molecule has 0 unspecified atom stereocenters. The fourth-order valence-corrected chi connectivity index (χ4v) is 4.95. The Morgan fingerprint density at radius 3 is 2.70 bits per heavy atom. The van der Waals surface area contributed by atoms with E-state index in [1.165, 1.54) is 12.0 Å². The molecule has 0 amide bonds.